The molecule has 3 aromatic rings. The molecule has 26 heavy (non-hydrogen) atoms. The first-order valence-corrected chi connectivity index (χ1v) is 9.69. The normalized spacial score (nSPS) is 11.4. The van der Waals surface area contributed by atoms with E-state index in [1.807, 2.05) is 30.3 Å². The molecule has 0 aliphatic heterocycles. The van der Waals surface area contributed by atoms with Gasteiger partial charge >= 0.3 is 0 Å². The molecule has 0 fully saturated rings. The van der Waals surface area contributed by atoms with Crippen molar-refractivity contribution < 1.29 is 17.6 Å². The van der Waals surface area contributed by atoms with Gasteiger partial charge in [-0.15, -0.1) is 10.2 Å². The van der Waals surface area contributed by atoms with Crippen molar-refractivity contribution in [3.63, 3.8) is 0 Å². The summed E-state index contributed by atoms with van der Waals surface area (Å²) in [6.45, 7) is 0.194. The van der Waals surface area contributed by atoms with E-state index < -0.39 is 10.0 Å². The van der Waals surface area contributed by atoms with Crippen LogP contribution >= 0.6 is 0 Å². The van der Waals surface area contributed by atoms with Gasteiger partial charge in [0, 0.05) is 18.5 Å². The second-order valence-electron chi connectivity index (χ2n) is 5.62. The Bertz CT molecular complexity index is 938. The lowest BCUT2D eigenvalue weighted by molar-refractivity contribution is 0.415. The fourth-order valence-corrected chi connectivity index (χ4v) is 3.51. The lowest BCUT2D eigenvalue weighted by atomic mass is 10.2. The Kier molecular flexibility index (Phi) is 5.65. The van der Waals surface area contributed by atoms with E-state index in [1.54, 1.807) is 31.4 Å². The minimum Gasteiger partial charge on any atom is -0.497 e. The summed E-state index contributed by atoms with van der Waals surface area (Å²) in [7, 11) is -1.82. The van der Waals surface area contributed by atoms with Crippen LogP contribution in [0.2, 0.25) is 0 Å². The summed E-state index contributed by atoms with van der Waals surface area (Å²) >= 11 is 0. The van der Waals surface area contributed by atoms with Gasteiger partial charge in [0.15, 0.2) is 0 Å². The van der Waals surface area contributed by atoms with Gasteiger partial charge in [-0.05, 0) is 29.8 Å². The molecule has 1 aromatic heterocycles. The van der Waals surface area contributed by atoms with Crippen LogP contribution in [0.4, 0.5) is 0 Å². The molecule has 8 heteroatoms. The largest absolute Gasteiger partial charge is 0.497 e. The fourth-order valence-electron chi connectivity index (χ4n) is 2.36. The number of aromatic nitrogens is 2. The van der Waals surface area contributed by atoms with E-state index in [0.717, 1.165) is 16.9 Å². The molecule has 1 heterocycles. The number of hydrogen-bond donors (Lipinski definition) is 1. The Morgan fingerprint density at radius 1 is 1.04 bits per heavy atom. The lowest BCUT2D eigenvalue weighted by Gasteiger charge is -2.05. The van der Waals surface area contributed by atoms with Gasteiger partial charge in [0.25, 0.3) is 0 Å². The van der Waals surface area contributed by atoms with E-state index in [0.29, 0.717) is 18.2 Å². The average Bonchev–Trinajstić information content (AvgIpc) is 3.11. The Balaban J connectivity index is 1.54. The van der Waals surface area contributed by atoms with Crippen LogP contribution < -0.4 is 9.46 Å². The molecule has 1 N–H and O–H groups in total. The van der Waals surface area contributed by atoms with Gasteiger partial charge in [0.05, 0.1) is 12.9 Å². The highest BCUT2D eigenvalue weighted by Crippen LogP contribution is 2.21. The van der Waals surface area contributed by atoms with E-state index in [1.165, 1.54) is 0 Å². The zero-order valence-corrected chi connectivity index (χ0v) is 15.1. The number of nitrogens with zero attached hydrogens (tertiary/aromatic N) is 2. The Morgan fingerprint density at radius 2 is 1.77 bits per heavy atom. The molecule has 3 rings (SSSR count). The maximum absolute atomic E-state index is 12.1. The number of ether oxygens (including phenoxy) is 1. The number of nitrogens with one attached hydrogen (secondary N) is 1. The average molecular weight is 373 g/mol. The van der Waals surface area contributed by atoms with E-state index in [2.05, 4.69) is 14.9 Å². The molecule has 7 nitrogen and oxygen atoms in total. The molecule has 0 unspecified atom stereocenters. The van der Waals surface area contributed by atoms with Crippen molar-refractivity contribution in [1.82, 2.24) is 14.9 Å². The second-order valence-corrected chi connectivity index (χ2v) is 7.43. The highest BCUT2D eigenvalue weighted by Gasteiger charge is 2.13. The zero-order valence-electron chi connectivity index (χ0n) is 14.3. The molecular weight excluding hydrogens is 354 g/mol. The standard InChI is InChI=1S/C18H19N3O4S/c1-24-16-9-7-15(8-10-16)18-21-20-17(25-18)11-12-19-26(22,23)13-14-5-3-2-4-6-14/h2-10,19H,11-13H2,1H3. The number of rotatable bonds is 8. The van der Waals surface area contributed by atoms with Crippen LogP contribution in [0.1, 0.15) is 11.5 Å². The van der Waals surface area contributed by atoms with Crippen LogP contribution in [0, 0.1) is 0 Å². The molecule has 0 bridgehead atoms. The number of methoxy groups -OCH3 is 1. The monoisotopic (exact) mass is 373 g/mol. The molecule has 0 saturated heterocycles. The maximum atomic E-state index is 12.1. The Labute approximate surface area is 152 Å². The summed E-state index contributed by atoms with van der Waals surface area (Å²) in [4.78, 5) is 0. The molecule has 0 amide bonds. The van der Waals surface area contributed by atoms with Crippen LogP contribution in [0.5, 0.6) is 5.75 Å². The molecule has 0 aliphatic carbocycles. The van der Waals surface area contributed by atoms with Crippen molar-refractivity contribution in [2.24, 2.45) is 0 Å². The van der Waals surface area contributed by atoms with Crippen molar-refractivity contribution in [2.45, 2.75) is 12.2 Å². The van der Waals surface area contributed by atoms with Gasteiger partial charge in [-0.1, -0.05) is 30.3 Å². The van der Waals surface area contributed by atoms with E-state index in [9.17, 15) is 8.42 Å². The quantitative estimate of drug-likeness (QED) is 0.652. The lowest BCUT2D eigenvalue weighted by Crippen LogP contribution is -2.27. The van der Waals surface area contributed by atoms with E-state index >= 15 is 0 Å². The number of sulfonamides is 1. The number of benzene rings is 2. The second kappa shape index (κ2) is 8.11. The van der Waals surface area contributed by atoms with Gasteiger partial charge in [-0.25, -0.2) is 13.1 Å². The first-order chi connectivity index (χ1) is 12.6. The molecule has 2 aromatic carbocycles. The molecule has 0 aliphatic rings. The summed E-state index contributed by atoms with van der Waals surface area (Å²) in [5.41, 5.74) is 1.51. The number of hydrogen-bond acceptors (Lipinski definition) is 6. The highest BCUT2D eigenvalue weighted by molar-refractivity contribution is 7.88. The minimum atomic E-state index is -3.41. The third kappa shape index (κ3) is 4.90. The molecule has 0 atom stereocenters. The van der Waals surface area contributed by atoms with Crippen LogP contribution in [0.15, 0.2) is 59.0 Å². The van der Waals surface area contributed by atoms with Crippen molar-refractivity contribution in [3.05, 3.63) is 66.1 Å². The van der Waals surface area contributed by atoms with Gasteiger partial charge < -0.3 is 9.15 Å². The summed E-state index contributed by atoms with van der Waals surface area (Å²) in [5.74, 6) is 1.43. The van der Waals surface area contributed by atoms with E-state index in [4.69, 9.17) is 9.15 Å². The van der Waals surface area contributed by atoms with Crippen molar-refractivity contribution >= 4 is 10.0 Å². The maximum Gasteiger partial charge on any atom is 0.247 e. The molecule has 0 saturated carbocycles. The third-order valence-corrected chi connectivity index (χ3v) is 5.02. The summed E-state index contributed by atoms with van der Waals surface area (Å²) in [6.07, 6.45) is 0.317. The predicted molar refractivity (Wildman–Crippen MR) is 97.1 cm³/mol. The minimum absolute atomic E-state index is 0.0607. The van der Waals surface area contributed by atoms with Gasteiger partial charge in [-0.3, -0.25) is 0 Å². The predicted octanol–water partition coefficient (Wildman–Crippen LogP) is 2.41. The van der Waals surface area contributed by atoms with Crippen molar-refractivity contribution in [1.29, 1.82) is 0 Å². The molecule has 0 radical (unpaired) electrons. The van der Waals surface area contributed by atoms with Gasteiger partial charge in [-0.2, -0.15) is 0 Å². The van der Waals surface area contributed by atoms with E-state index in [-0.39, 0.29) is 12.3 Å². The van der Waals surface area contributed by atoms with Crippen LogP contribution in [-0.4, -0.2) is 32.3 Å². The smallest absolute Gasteiger partial charge is 0.247 e. The molecular formula is C18H19N3O4S. The molecule has 136 valence electrons. The summed E-state index contributed by atoms with van der Waals surface area (Å²) < 4.78 is 37.4. The Hall–Kier alpha value is -2.71. The van der Waals surface area contributed by atoms with Crippen LogP contribution in [-0.2, 0) is 22.2 Å². The SMILES string of the molecule is COc1ccc(-c2nnc(CCNS(=O)(=O)Cc3ccccc3)o2)cc1. The first-order valence-electron chi connectivity index (χ1n) is 8.04. The topological polar surface area (TPSA) is 94.3 Å². The third-order valence-electron chi connectivity index (χ3n) is 3.66. The van der Waals surface area contributed by atoms with Crippen molar-refractivity contribution in [2.75, 3.05) is 13.7 Å². The highest BCUT2D eigenvalue weighted by atomic mass is 32.2. The first kappa shape index (κ1) is 18.1. The summed E-state index contributed by atoms with van der Waals surface area (Å²) in [6, 6.07) is 16.3. The van der Waals surface area contributed by atoms with Crippen LogP contribution in [0.3, 0.4) is 0 Å². The van der Waals surface area contributed by atoms with Crippen molar-refractivity contribution in [3.8, 4) is 17.2 Å². The Morgan fingerprint density at radius 3 is 2.46 bits per heavy atom. The van der Waals surface area contributed by atoms with Crippen LogP contribution in [0.25, 0.3) is 11.5 Å². The summed E-state index contributed by atoms with van der Waals surface area (Å²) in [5, 5.41) is 7.95. The van der Waals surface area contributed by atoms with Gasteiger partial charge in [0.2, 0.25) is 21.8 Å². The van der Waals surface area contributed by atoms with Gasteiger partial charge in [0.1, 0.15) is 5.75 Å². The zero-order chi connectivity index (χ0) is 18.4. The fraction of sp³-hybridized carbons (Fsp3) is 0.222. The molecule has 0 spiro atoms.